The van der Waals surface area contributed by atoms with Crippen LogP contribution in [-0.2, 0) is 4.79 Å². The number of rotatable bonds is 6. The fraction of sp³-hybridized carbons (Fsp3) is 0.462. The van der Waals surface area contributed by atoms with Gasteiger partial charge in [-0.1, -0.05) is 12.1 Å². The van der Waals surface area contributed by atoms with E-state index >= 15 is 0 Å². The summed E-state index contributed by atoms with van der Waals surface area (Å²) in [6, 6.07) is 7.14. The van der Waals surface area contributed by atoms with E-state index in [4.69, 9.17) is 10.5 Å². The van der Waals surface area contributed by atoms with Gasteiger partial charge in [-0.15, -0.1) is 0 Å². The van der Waals surface area contributed by atoms with Crippen molar-refractivity contribution in [1.82, 2.24) is 5.32 Å². The highest BCUT2D eigenvalue weighted by molar-refractivity contribution is 5.81. The van der Waals surface area contributed by atoms with Crippen molar-refractivity contribution in [3.63, 3.8) is 0 Å². The molecule has 17 heavy (non-hydrogen) atoms. The Morgan fingerprint density at radius 1 is 1.35 bits per heavy atom. The van der Waals surface area contributed by atoms with Crippen molar-refractivity contribution in [3.8, 4) is 5.75 Å². The quantitative estimate of drug-likeness (QED) is 0.788. The van der Waals surface area contributed by atoms with Crippen LogP contribution in [-0.4, -0.2) is 18.6 Å². The van der Waals surface area contributed by atoms with Crippen LogP contribution in [0.4, 0.5) is 0 Å². The molecule has 1 amide bonds. The number of hydrogen-bond donors (Lipinski definition) is 2. The van der Waals surface area contributed by atoms with E-state index in [2.05, 4.69) is 5.32 Å². The smallest absolute Gasteiger partial charge is 0.239 e. The van der Waals surface area contributed by atoms with Crippen LogP contribution in [0.25, 0.3) is 0 Å². The molecule has 0 heterocycles. The van der Waals surface area contributed by atoms with Gasteiger partial charge in [-0.05, 0) is 38.5 Å². The highest BCUT2D eigenvalue weighted by Crippen LogP contribution is 2.18. The Kier molecular flexibility index (Phi) is 4.97. The first-order valence-corrected chi connectivity index (χ1v) is 5.82. The Hall–Kier alpha value is -1.55. The van der Waals surface area contributed by atoms with Gasteiger partial charge in [0.05, 0.1) is 6.61 Å². The lowest BCUT2D eigenvalue weighted by molar-refractivity contribution is -0.120. The first-order valence-electron chi connectivity index (χ1n) is 5.82. The van der Waals surface area contributed by atoms with Crippen LogP contribution >= 0.6 is 0 Å². The number of nitrogens with one attached hydrogen (secondary N) is 1. The SMILES string of the molecule is CCOc1ccc(C(NC(C)C)C(N)=O)cc1. The van der Waals surface area contributed by atoms with Crippen LogP contribution in [0.1, 0.15) is 32.4 Å². The van der Waals surface area contributed by atoms with E-state index in [0.29, 0.717) is 6.61 Å². The first-order chi connectivity index (χ1) is 8.04. The molecule has 0 aliphatic rings. The Labute approximate surface area is 102 Å². The minimum Gasteiger partial charge on any atom is -0.494 e. The predicted octanol–water partition coefficient (Wildman–Crippen LogP) is 1.61. The van der Waals surface area contributed by atoms with Crippen molar-refractivity contribution >= 4 is 5.91 Å². The highest BCUT2D eigenvalue weighted by Gasteiger charge is 2.18. The molecule has 1 unspecified atom stereocenters. The van der Waals surface area contributed by atoms with Gasteiger partial charge in [0.15, 0.2) is 0 Å². The fourth-order valence-corrected chi connectivity index (χ4v) is 1.60. The minimum atomic E-state index is -0.453. The van der Waals surface area contributed by atoms with Crippen molar-refractivity contribution in [3.05, 3.63) is 29.8 Å². The van der Waals surface area contributed by atoms with Gasteiger partial charge in [-0.3, -0.25) is 10.1 Å². The van der Waals surface area contributed by atoms with Crippen LogP contribution in [0.3, 0.4) is 0 Å². The maximum Gasteiger partial charge on any atom is 0.239 e. The summed E-state index contributed by atoms with van der Waals surface area (Å²) >= 11 is 0. The summed E-state index contributed by atoms with van der Waals surface area (Å²) in [6.45, 7) is 6.51. The molecule has 1 atom stereocenters. The van der Waals surface area contributed by atoms with Gasteiger partial charge in [0.25, 0.3) is 0 Å². The van der Waals surface area contributed by atoms with Crippen LogP contribution in [0.2, 0.25) is 0 Å². The first kappa shape index (κ1) is 13.5. The third-order valence-corrected chi connectivity index (χ3v) is 2.31. The number of primary amides is 1. The molecule has 1 aromatic rings. The Morgan fingerprint density at radius 2 is 1.94 bits per heavy atom. The molecule has 0 saturated heterocycles. The summed E-state index contributed by atoms with van der Waals surface area (Å²) < 4.78 is 5.35. The average molecular weight is 236 g/mol. The van der Waals surface area contributed by atoms with Gasteiger partial charge in [-0.2, -0.15) is 0 Å². The molecule has 4 nitrogen and oxygen atoms in total. The molecule has 1 rings (SSSR count). The molecule has 3 N–H and O–H groups in total. The zero-order chi connectivity index (χ0) is 12.8. The number of carbonyl (C=O) groups is 1. The second-order valence-electron chi connectivity index (χ2n) is 4.16. The standard InChI is InChI=1S/C13H20N2O2/c1-4-17-11-7-5-10(6-8-11)12(13(14)16)15-9(2)3/h5-9,12,15H,4H2,1-3H3,(H2,14,16). The molecule has 4 heteroatoms. The number of carbonyl (C=O) groups excluding carboxylic acids is 1. The molecule has 0 aliphatic carbocycles. The second kappa shape index (κ2) is 6.25. The van der Waals surface area contributed by atoms with Crippen LogP contribution in [0.5, 0.6) is 5.75 Å². The van der Waals surface area contributed by atoms with Gasteiger partial charge in [0.1, 0.15) is 11.8 Å². The van der Waals surface area contributed by atoms with Crippen molar-refractivity contribution in [2.45, 2.75) is 32.9 Å². The summed E-state index contributed by atoms with van der Waals surface area (Å²) in [7, 11) is 0. The molecule has 94 valence electrons. The summed E-state index contributed by atoms with van der Waals surface area (Å²) in [6.07, 6.45) is 0. The maximum absolute atomic E-state index is 11.4. The van der Waals surface area contributed by atoms with Gasteiger partial charge in [0.2, 0.25) is 5.91 Å². The molecular weight excluding hydrogens is 216 g/mol. The number of benzene rings is 1. The molecule has 0 radical (unpaired) electrons. The molecule has 0 fully saturated rings. The van der Waals surface area contributed by atoms with Crippen LogP contribution in [0.15, 0.2) is 24.3 Å². The van der Waals surface area contributed by atoms with Crippen molar-refractivity contribution in [2.75, 3.05) is 6.61 Å². The lowest BCUT2D eigenvalue weighted by Crippen LogP contribution is -2.37. The van der Waals surface area contributed by atoms with Crippen LogP contribution in [0, 0.1) is 0 Å². The highest BCUT2D eigenvalue weighted by atomic mass is 16.5. The van der Waals surface area contributed by atoms with Crippen molar-refractivity contribution in [1.29, 1.82) is 0 Å². The van der Waals surface area contributed by atoms with Gasteiger partial charge >= 0.3 is 0 Å². The topological polar surface area (TPSA) is 64.3 Å². The molecule has 1 aromatic carbocycles. The van der Waals surface area contributed by atoms with E-state index in [-0.39, 0.29) is 11.9 Å². The molecule has 0 aromatic heterocycles. The van der Waals surface area contributed by atoms with Crippen LogP contribution < -0.4 is 15.8 Å². The van der Waals surface area contributed by atoms with E-state index in [9.17, 15) is 4.79 Å². The normalized spacial score (nSPS) is 12.5. The molecule has 0 bridgehead atoms. The van der Waals surface area contributed by atoms with E-state index in [1.54, 1.807) is 0 Å². The maximum atomic E-state index is 11.4. The third kappa shape index (κ3) is 4.07. The number of amides is 1. The van der Waals surface area contributed by atoms with Crippen molar-refractivity contribution < 1.29 is 9.53 Å². The summed E-state index contributed by atoms with van der Waals surface area (Å²) in [4.78, 5) is 11.4. The Morgan fingerprint density at radius 3 is 2.35 bits per heavy atom. The van der Waals surface area contributed by atoms with Gasteiger partial charge in [-0.25, -0.2) is 0 Å². The lowest BCUT2D eigenvalue weighted by atomic mass is 10.1. The van der Waals surface area contributed by atoms with E-state index in [1.807, 2.05) is 45.0 Å². The van der Waals surface area contributed by atoms with Gasteiger partial charge < -0.3 is 10.5 Å². The summed E-state index contributed by atoms with van der Waals surface area (Å²) in [5.74, 6) is 0.423. The third-order valence-electron chi connectivity index (χ3n) is 2.31. The largest absolute Gasteiger partial charge is 0.494 e. The number of ether oxygens (including phenoxy) is 1. The summed E-state index contributed by atoms with van der Waals surface area (Å²) in [5, 5.41) is 3.13. The lowest BCUT2D eigenvalue weighted by Gasteiger charge is -2.18. The Balaban J connectivity index is 2.83. The molecule has 0 aliphatic heterocycles. The Bertz CT molecular complexity index is 360. The average Bonchev–Trinajstić information content (AvgIpc) is 2.27. The second-order valence-corrected chi connectivity index (χ2v) is 4.16. The van der Waals surface area contributed by atoms with Crippen molar-refractivity contribution in [2.24, 2.45) is 5.73 Å². The molecule has 0 saturated carbocycles. The monoisotopic (exact) mass is 236 g/mol. The van der Waals surface area contributed by atoms with E-state index in [1.165, 1.54) is 0 Å². The van der Waals surface area contributed by atoms with E-state index in [0.717, 1.165) is 11.3 Å². The zero-order valence-corrected chi connectivity index (χ0v) is 10.6. The minimum absolute atomic E-state index is 0.194. The number of nitrogens with two attached hydrogens (primary N) is 1. The van der Waals surface area contributed by atoms with E-state index < -0.39 is 6.04 Å². The molecule has 0 spiro atoms. The summed E-state index contributed by atoms with van der Waals surface area (Å²) in [5.41, 5.74) is 6.24. The van der Waals surface area contributed by atoms with Gasteiger partial charge in [0, 0.05) is 6.04 Å². The fourth-order valence-electron chi connectivity index (χ4n) is 1.60. The molecular formula is C13H20N2O2. The zero-order valence-electron chi connectivity index (χ0n) is 10.6. The number of hydrogen-bond acceptors (Lipinski definition) is 3. The predicted molar refractivity (Wildman–Crippen MR) is 67.8 cm³/mol.